The molecular weight excluding hydrogens is 436 g/mol. The number of rotatable bonds is 8. The van der Waals surface area contributed by atoms with Gasteiger partial charge in [0.2, 0.25) is 0 Å². The number of hydrazone groups is 1. The van der Waals surface area contributed by atoms with Gasteiger partial charge in [-0.15, -0.1) is 0 Å². The highest BCUT2D eigenvalue weighted by atomic mass is 16.5. The minimum atomic E-state index is -0.910. The van der Waals surface area contributed by atoms with Crippen LogP contribution in [-0.2, 0) is 14.4 Å². The van der Waals surface area contributed by atoms with Gasteiger partial charge in [0.05, 0.1) is 13.3 Å². The highest BCUT2D eigenvalue weighted by molar-refractivity contribution is 6.39. The van der Waals surface area contributed by atoms with Crippen LogP contribution in [0.5, 0.6) is 11.5 Å². The van der Waals surface area contributed by atoms with Crippen LogP contribution in [0.1, 0.15) is 11.1 Å². The summed E-state index contributed by atoms with van der Waals surface area (Å²) >= 11 is 0. The molecule has 0 saturated heterocycles. The summed E-state index contributed by atoms with van der Waals surface area (Å²) in [7, 11) is 1.53. The molecule has 0 aliphatic rings. The van der Waals surface area contributed by atoms with E-state index in [0.717, 1.165) is 11.3 Å². The van der Waals surface area contributed by atoms with Crippen molar-refractivity contribution in [3.63, 3.8) is 0 Å². The molecule has 0 radical (unpaired) electrons. The highest BCUT2D eigenvalue weighted by Gasteiger charge is 2.12. The second-order valence-corrected chi connectivity index (χ2v) is 7.10. The normalized spacial score (nSPS) is 10.4. The van der Waals surface area contributed by atoms with E-state index in [9.17, 15) is 14.4 Å². The first-order valence-electron chi connectivity index (χ1n) is 10.3. The fourth-order valence-corrected chi connectivity index (χ4v) is 2.78. The van der Waals surface area contributed by atoms with E-state index in [1.807, 2.05) is 31.2 Å². The van der Waals surface area contributed by atoms with Crippen molar-refractivity contribution in [2.75, 3.05) is 24.4 Å². The van der Waals surface area contributed by atoms with Gasteiger partial charge in [0.1, 0.15) is 11.5 Å². The number of hydrogen-bond donors (Lipinski definition) is 3. The molecule has 0 bridgehead atoms. The molecule has 0 spiro atoms. The maximum absolute atomic E-state index is 12.1. The Labute approximate surface area is 196 Å². The van der Waals surface area contributed by atoms with E-state index >= 15 is 0 Å². The molecule has 3 amide bonds. The third kappa shape index (κ3) is 7.20. The van der Waals surface area contributed by atoms with E-state index in [-0.39, 0.29) is 12.5 Å². The number of nitrogens with one attached hydrogen (secondary N) is 3. The van der Waals surface area contributed by atoms with Gasteiger partial charge in [-0.05, 0) is 72.6 Å². The smallest absolute Gasteiger partial charge is 0.329 e. The van der Waals surface area contributed by atoms with Gasteiger partial charge in [0, 0.05) is 11.4 Å². The van der Waals surface area contributed by atoms with Crippen LogP contribution in [0.25, 0.3) is 0 Å². The van der Waals surface area contributed by atoms with Crippen molar-refractivity contribution < 1.29 is 23.9 Å². The average molecular weight is 460 g/mol. The van der Waals surface area contributed by atoms with Crippen molar-refractivity contribution in [3.05, 3.63) is 83.9 Å². The Kier molecular flexibility index (Phi) is 8.34. The van der Waals surface area contributed by atoms with Crippen molar-refractivity contribution in [2.45, 2.75) is 6.92 Å². The number of ether oxygens (including phenoxy) is 2. The van der Waals surface area contributed by atoms with E-state index in [0.29, 0.717) is 22.7 Å². The largest absolute Gasteiger partial charge is 0.497 e. The maximum Gasteiger partial charge on any atom is 0.329 e. The summed E-state index contributed by atoms with van der Waals surface area (Å²) in [6.45, 7) is 1.77. The Bertz CT molecular complexity index is 1170. The number of benzene rings is 3. The lowest BCUT2D eigenvalue weighted by Gasteiger charge is -2.09. The Morgan fingerprint density at radius 2 is 1.53 bits per heavy atom. The summed E-state index contributed by atoms with van der Waals surface area (Å²) in [4.78, 5) is 35.9. The molecule has 0 unspecified atom stereocenters. The summed E-state index contributed by atoms with van der Waals surface area (Å²) < 4.78 is 10.5. The van der Waals surface area contributed by atoms with Crippen LogP contribution >= 0.6 is 0 Å². The lowest BCUT2D eigenvalue weighted by molar-refractivity contribution is -0.136. The molecule has 9 heteroatoms. The van der Waals surface area contributed by atoms with Gasteiger partial charge < -0.3 is 20.1 Å². The van der Waals surface area contributed by atoms with Crippen LogP contribution in [0.3, 0.4) is 0 Å². The summed E-state index contributed by atoms with van der Waals surface area (Å²) in [5, 5.41) is 9.04. The molecular formula is C25H24N4O5. The Hall–Kier alpha value is -4.66. The van der Waals surface area contributed by atoms with Crippen LogP contribution < -0.4 is 25.5 Å². The Morgan fingerprint density at radius 1 is 0.853 bits per heavy atom. The topological polar surface area (TPSA) is 118 Å². The number of para-hydroxylation sites is 1. The molecule has 34 heavy (non-hydrogen) atoms. The zero-order chi connectivity index (χ0) is 24.3. The number of carbonyl (C=O) groups is 3. The van der Waals surface area contributed by atoms with Crippen molar-refractivity contribution in [1.82, 2.24) is 5.43 Å². The van der Waals surface area contributed by atoms with Gasteiger partial charge in [0.25, 0.3) is 5.91 Å². The number of amides is 3. The highest BCUT2D eigenvalue weighted by Crippen LogP contribution is 2.15. The third-order valence-corrected chi connectivity index (χ3v) is 4.60. The Morgan fingerprint density at radius 3 is 2.21 bits per heavy atom. The molecule has 0 heterocycles. The molecule has 3 rings (SSSR count). The molecule has 0 fully saturated rings. The van der Waals surface area contributed by atoms with Gasteiger partial charge in [-0.2, -0.15) is 5.10 Å². The SMILES string of the molecule is COc1ccc(NC(=O)C(=O)N/N=C\c2ccc(OCC(=O)Nc3ccccc3C)cc2)cc1. The molecule has 3 aromatic rings. The van der Waals surface area contributed by atoms with E-state index in [1.54, 1.807) is 48.5 Å². The molecule has 174 valence electrons. The summed E-state index contributed by atoms with van der Waals surface area (Å²) in [5.41, 5.74) is 4.98. The molecule has 0 saturated carbocycles. The summed E-state index contributed by atoms with van der Waals surface area (Å²) in [6, 6.07) is 20.8. The second kappa shape index (κ2) is 11.8. The molecule has 0 aliphatic heterocycles. The van der Waals surface area contributed by atoms with E-state index in [1.165, 1.54) is 13.3 Å². The number of carbonyl (C=O) groups excluding carboxylic acids is 3. The number of nitrogens with zero attached hydrogens (tertiary/aromatic N) is 1. The first-order chi connectivity index (χ1) is 16.4. The van der Waals surface area contributed by atoms with Crippen LogP contribution in [0.4, 0.5) is 11.4 Å². The average Bonchev–Trinajstić information content (AvgIpc) is 2.85. The predicted octanol–water partition coefficient (Wildman–Crippen LogP) is 3.11. The van der Waals surface area contributed by atoms with Crippen molar-refractivity contribution in [2.24, 2.45) is 5.10 Å². The summed E-state index contributed by atoms with van der Waals surface area (Å²) in [6.07, 6.45) is 1.38. The van der Waals surface area contributed by atoms with Gasteiger partial charge in [-0.1, -0.05) is 18.2 Å². The van der Waals surface area contributed by atoms with Crippen LogP contribution in [-0.4, -0.2) is 37.7 Å². The van der Waals surface area contributed by atoms with E-state index in [2.05, 4.69) is 21.2 Å². The minimum Gasteiger partial charge on any atom is -0.497 e. The lowest BCUT2D eigenvalue weighted by atomic mass is 10.2. The molecule has 3 aromatic carbocycles. The fraction of sp³-hybridized carbons (Fsp3) is 0.120. The van der Waals surface area contributed by atoms with Crippen LogP contribution in [0, 0.1) is 6.92 Å². The number of anilines is 2. The third-order valence-electron chi connectivity index (χ3n) is 4.60. The molecule has 0 atom stereocenters. The number of aryl methyl sites for hydroxylation is 1. The Balaban J connectivity index is 1.43. The van der Waals surface area contributed by atoms with E-state index in [4.69, 9.17) is 9.47 Å². The van der Waals surface area contributed by atoms with Gasteiger partial charge in [-0.3, -0.25) is 14.4 Å². The molecule has 0 aromatic heterocycles. The monoisotopic (exact) mass is 460 g/mol. The van der Waals surface area contributed by atoms with Crippen molar-refractivity contribution in [1.29, 1.82) is 0 Å². The fourth-order valence-electron chi connectivity index (χ4n) is 2.78. The zero-order valence-electron chi connectivity index (χ0n) is 18.7. The van der Waals surface area contributed by atoms with Crippen LogP contribution in [0.15, 0.2) is 77.9 Å². The molecule has 9 nitrogen and oxygen atoms in total. The van der Waals surface area contributed by atoms with E-state index < -0.39 is 11.8 Å². The van der Waals surface area contributed by atoms with Crippen molar-refractivity contribution in [3.8, 4) is 11.5 Å². The van der Waals surface area contributed by atoms with Gasteiger partial charge >= 0.3 is 11.8 Å². The second-order valence-electron chi connectivity index (χ2n) is 7.10. The standard InChI is InChI=1S/C25H24N4O5/c1-17-5-3-4-6-22(17)28-23(30)16-34-21-11-7-18(8-12-21)15-26-29-25(32)24(31)27-19-9-13-20(33-2)14-10-19/h3-15H,16H2,1-2H3,(H,27,31)(H,28,30)(H,29,32)/b26-15-. The first kappa shape index (κ1) is 24.0. The minimum absolute atomic E-state index is 0.138. The lowest BCUT2D eigenvalue weighted by Crippen LogP contribution is -2.32. The molecule has 0 aliphatic carbocycles. The predicted molar refractivity (Wildman–Crippen MR) is 129 cm³/mol. The maximum atomic E-state index is 12.1. The van der Waals surface area contributed by atoms with Gasteiger partial charge in [-0.25, -0.2) is 5.43 Å². The van der Waals surface area contributed by atoms with Crippen LogP contribution in [0.2, 0.25) is 0 Å². The summed E-state index contributed by atoms with van der Waals surface area (Å²) in [5.74, 6) is -0.897. The number of methoxy groups -OCH3 is 1. The quantitative estimate of drug-likeness (QED) is 0.271. The zero-order valence-corrected chi connectivity index (χ0v) is 18.7. The van der Waals surface area contributed by atoms with Gasteiger partial charge in [0.15, 0.2) is 6.61 Å². The molecule has 3 N–H and O–H groups in total. The first-order valence-corrected chi connectivity index (χ1v) is 10.3. The number of hydrogen-bond acceptors (Lipinski definition) is 6. The van der Waals surface area contributed by atoms with Crippen molar-refractivity contribution >= 4 is 35.3 Å².